The second-order valence-corrected chi connectivity index (χ2v) is 6.96. The number of carbonyl (C=O) groups is 1. The molecule has 2 saturated heterocycles. The zero-order chi connectivity index (χ0) is 12.5. The predicted molar refractivity (Wildman–Crippen MR) is 63.3 cm³/mol. The average Bonchev–Trinajstić information content (AvgIpc) is 2.54. The molecule has 0 unspecified atom stereocenters. The van der Waals surface area contributed by atoms with Crippen molar-refractivity contribution in [1.82, 2.24) is 5.32 Å². The van der Waals surface area contributed by atoms with Gasteiger partial charge in [0.15, 0.2) is 9.84 Å². The third kappa shape index (κ3) is 2.87. The highest BCUT2D eigenvalue weighted by molar-refractivity contribution is 7.91. The van der Waals surface area contributed by atoms with Gasteiger partial charge >= 0.3 is 0 Å². The van der Waals surface area contributed by atoms with E-state index in [0.29, 0.717) is 19.4 Å². The fourth-order valence-corrected chi connectivity index (χ4v) is 4.55. The van der Waals surface area contributed by atoms with Gasteiger partial charge in [-0.1, -0.05) is 6.58 Å². The average molecular weight is 259 g/mol. The second-order valence-electron chi connectivity index (χ2n) is 4.78. The molecule has 0 aliphatic carbocycles. The molecule has 0 aromatic carbocycles. The number of sulfone groups is 1. The van der Waals surface area contributed by atoms with Gasteiger partial charge in [-0.05, 0) is 25.3 Å². The number of carbonyl (C=O) groups excluding carboxylic acids is 1. The van der Waals surface area contributed by atoms with Crippen molar-refractivity contribution in [2.24, 2.45) is 0 Å². The van der Waals surface area contributed by atoms with Crippen molar-refractivity contribution in [3.8, 4) is 0 Å². The normalized spacial score (nSPS) is 35.6. The Balaban J connectivity index is 2.02. The van der Waals surface area contributed by atoms with Crippen LogP contribution in [0.15, 0.2) is 12.7 Å². The smallest absolute Gasteiger partial charge is 0.243 e. The number of rotatable bonds is 2. The first-order chi connectivity index (χ1) is 7.95. The van der Waals surface area contributed by atoms with E-state index in [-0.39, 0.29) is 23.5 Å². The summed E-state index contributed by atoms with van der Waals surface area (Å²) in [5, 5.41) is 2.82. The van der Waals surface area contributed by atoms with Gasteiger partial charge in [-0.3, -0.25) is 4.79 Å². The van der Waals surface area contributed by atoms with Crippen LogP contribution < -0.4 is 5.32 Å². The van der Waals surface area contributed by atoms with Gasteiger partial charge in [0.1, 0.15) is 0 Å². The molecular weight excluding hydrogens is 242 g/mol. The largest absolute Gasteiger partial charge is 0.374 e. The molecule has 1 amide bonds. The van der Waals surface area contributed by atoms with Gasteiger partial charge in [-0.25, -0.2) is 8.42 Å². The van der Waals surface area contributed by atoms with Crippen LogP contribution in [0.4, 0.5) is 0 Å². The Hall–Kier alpha value is -0.880. The summed E-state index contributed by atoms with van der Waals surface area (Å²) in [5.74, 6) is 0.0585. The van der Waals surface area contributed by atoms with Crippen molar-refractivity contribution in [3.63, 3.8) is 0 Å². The van der Waals surface area contributed by atoms with Gasteiger partial charge in [0.05, 0.1) is 17.1 Å². The Morgan fingerprint density at radius 1 is 1.53 bits per heavy atom. The van der Waals surface area contributed by atoms with Crippen LogP contribution in [0.3, 0.4) is 0 Å². The van der Waals surface area contributed by atoms with Crippen molar-refractivity contribution in [1.29, 1.82) is 0 Å². The monoisotopic (exact) mass is 259 g/mol. The minimum Gasteiger partial charge on any atom is -0.374 e. The quantitative estimate of drug-likeness (QED) is 0.710. The molecule has 2 fully saturated rings. The second kappa shape index (κ2) is 4.42. The van der Waals surface area contributed by atoms with E-state index in [1.165, 1.54) is 6.08 Å². The highest BCUT2D eigenvalue weighted by Gasteiger charge is 2.46. The summed E-state index contributed by atoms with van der Waals surface area (Å²) in [6, 6.07) is -0.0115. The zero-order valence-electron chi connectivity index (χ0n) is 9.65. The molecule has 0 aromatic heterocycles. The van der Waals surface area contributed by atoms with E-state index in [1.807, 2.05) is 0 Å². The fraction of sp³-hybridized carbons (Fsp3) is 0.727. The van der Waals surface area contributed by atoms with E-state index in [1.54, 1.807) is 0 Å². The van der Waals surface area contributed by atoms with Gasteiger partial charge in [0.25, 0.3) is 0 Å². The minimum atomic E-state index is -2.97. The van der Waals surface area contributed by atoms with Crippen molar-refractivity contribution < 1.29 is 17.9 Å². The van der Waals surface area contributed by atoms with Gasteiger partial charge in [-0.2, -0.15) is 0 Å². The van der Waals surface area contributed by atoms with E-state index >= 15 is 0 Å². The van der Waals surface area contributed by atoms with Crippen LogP contribution in [-0.4, -0.2) is 44.1 Å². The topological polar surface area (TPSA) is 72.5 Å². The zero-order valence-corrected chi connectivity index (χ0v) is 10.5. The van der Waals surface area contributed by atoms with Crippen LogP contribution in [-0.2, 0) is 19.4 Å². The summed E-state index contributed by atoms with van der Waals surface area (Å²) in [7, 11) is -2.97. The molecule has 2 atom stereocenters. The van der Waals surface area contributed by atoms with Gasteiger partial charge in [0.2, 0.25) is 5.91 Å². The van der Waals surface area contributed by atoms with Crippen LogP contribution in [0.1, 0.15) is 19.3 Å². The molecule has 6 heteroatoms. The lowest BCUT2D eigenvalue weighted by Crippen LogP contribution is -2.49. The Labute approximate surface area is 101 Å². The molecule has 1 N–H and O–H groups in total. The summed E-state index contributed by atoms with van der Waals surface area (Å²) in [6.45, 7) is 3.90. The SMILES string of the molecule is C=CC(=O)N[C@@H]1CCO[C@@]2(CCS(=O)(=O)C2)C1. The van der Waals surface area contributed by atoms with Crippen LogP contribution in [0.2, 0.25) is 0 Å². The minimum absolute atomic E-state index is 0.0115. The molecule has 0 radical (unpaired) electrons. The maximum Gasteiger partial charge on any atom is 0.243 e. The first-order valence-corrected chi connectivity index (χ1v) is 7.54. The Kier molecular flexibility index (Phi) is 3.27. The number of nitrogens with one attached hydrogen (secondary N) is 1. The Bertz CT molecular complexity index is 431. The fourth-order valence-electron chi connectivity index (χ4n) is 2.57. The first kappa shape index (κ1) is 12.6. The molecule has 2 aliphatic rings. The molecule has 2 heterocycles. The van der Waals surface area contributed by atoms with Crippen molar-refractivity contribution in [2.45, 2.75) is 30.9 Å². The highest BCUT2D eigenvalue weighted by atomic mass is 32.2. The van der Waals surface area contributed by atoms with Gasteiger partial charge < -0.3 is 10.1 Å². The van der Waals surface area contributed by atoms with Crippen LogP contribution in [0.5, 0.6) is 0 Å². The number of hydrogen-bond donors (Lipinski definition) is 1. The molecular formula is C11H17NO4S. The third-order valence-corrected chi connectivity index (χ3v) is 5.17. The van der Waals surface area contributed by atoms with Gasteiger partial charge in [0, 0.05) is 12.6 Å². The van der Waals surface area contributed by atoms with Crippen LogP contribution in [0.25, 0.3) is 0 Å². The lowest BCUT2D eigenvalue weighted by Gasteiger charge is -2.37. The Morgan fingerprint density at radius 2 is 2.29 bits per heavy atom. The van der Waals surface area contributed by atoms with Crippen molar-refractivity contribution in [2.75, 3.05) is 18.1 Å². The van der Waals surface area contributed by atoms with Crippen molar-refractivity contribution in [3.05, 3.63) is 12.7 Å². The molecule has 0 bridgehead atoms. The molecule has 2 aliphatic heterocycles. The standard InChI is InChI=1S/C11H17NO4S/c1-2-10(13)12-9-3-5-16-11(7-9)4-6-17(14,15)8-11/h2,9H,1,3-8H2,(H,12,13)/t9-,11+/m1/s1. The summed E-state index contributed by atoms with van der Waals surface area (Å²) in [5.41, 5.74) is -0.573. The van der Waals surface area contributed by atoms with Crippen molar-refractivity contribution >= 4 is 15.7 Å². The molecule has 0 saturated carbocycles. The molecule has 1 spiro atoms. The summed E-state index contributed by atoms with van der Waals surface area (Å²) < 4.78 is 28.7. The first-order valence-electron chi connectivity index (χ1n) is 5.72. The molecule has 0 aromatic rings. The maximum atomic E-state index is 11.5. The van der Waals surface area contributed by atoms with E-state index in [4.69, 9.17) is 4.74 Å². The van der Waals surface area contributed by atoms with Crippen LogP contribution in [0, 0.1) is 0 Å². The summed E-state index contributed by atoms with van der Waals surface area (Å²) in [6.07, 6.45) is 3.07. The Morgan fingerprint density at radius 3 is 2.88 bits per heavy atom. The predicted octanol–water partition coefficient (Wildman–Crippen LogP) is 0.0249. The molecule has 5 nitrogen and oxygen atoms in total. The van der Waals surface area contributed by atoms with E-state index in [2.05, 4.69) is 11.9 Å². The molecule has 17 heavy (non-hydrogen) atoms. The van der Waals surface area contributed by atoms with Crippen LogP contribution >= 0.6 is 0 Å². The lowest BCUT2D eigenvalue weighted by atomic mass is 9.90. The lowest BCUT2D eigenvalue weighted by molar-refractivity contribution is -0.119. The third-order valence-electron chi connectivity index (χ3n) is 3.38. The van der Waals surface area contributed by atoms with E-state index in [0.717, 1.165) is 6.42 Å². The van der Waals surface area contributed by atoms with E-state index < -0.39 is 15.4 Å². The summed E-state index contributed by atoms with van der Waals surface area (Å²) >= 11 is 0. The number of amides is 1. The van der Waals surface area contributed by atoms with E-state index in [9.17, 15) is 13.2 Å². The summed E-state index contributed by atoms with van der Waals surface area (Å²) in [4.78, 5) is 11.2. The molecule has 96 valence electrons. The maximum absolute atomic E-state index is 11.5. The number of hydrogen-bond acceptors (Lipinski definition) is 4. The van der Waals surface area contributed by atoms with Gasteiger partial charge in [-0.15, -0.1) is 0 Å². The number of ether oxygens (including phenoxy) is 1. The highest BCUT2D eigenvalue weighted by Crippen LogP contribution is 2.35. The molecule has 2 rings (SSSR count).